The van der Waals surface area contributed by atoms with E-state index in [9.17, 15) is 9.59 Å². The van der Waals surface area contributed by atoms with E-state index in [1.165, 1.54) is 12.5 Å². The second-order valence-electron chi connectivity index (χ2n) is 7.76. The number of likely N-dealkylation sites (tertiary alicyclic amines) is 2. The van der Waals surface area contributed by atoms with Crippen molar-refractivity contribution in [3.63, 3.8) is 0 Å². The van der Waals surface area contributed by atoms with Gasteiger partial charge in [0.1, 0.15) is 6.26 Å². The van der Waals surface area contributed by atoms with E-state index in [1.807, 2.05) is 24.0 Å². The summed E-state index contributed by atoms with van der Waals surface area (Å²) in [5, 5.41) is 3.56. The SMILES string of the molecule is Cc1ccc(NC(=O)CCN2CC3CN(C(=O)c4ccoc4)CC3C2)cc1Cl. The maximum Gasteiger partial charge on any atom is 0.257 e. The van der Waals surface area contributed by atoms with E-state index in [2.05, 4.69) is 10.2 Å². The molecule has 2 fully saturated rings. The molecule has 2 atom stereocenters. The van der Waals surface area contributed by atoms with Crippen LogP contribution in [0.5, 0.6) is 0 Å². The summed E-state index contributed by atoms with van der Waals surface area (Å²) in [4.78, 5) is 28.9. The number of carbonyl (C=O) groups excluding carboxylic acids is 2. The Morgan fingerprint density at radius 3 is 2.57 bits per heavy atom. The van der Waals surface area contributed by atoms with Crippen molar-refractivity contribution in [1.29, 1.82) is 0 Å². The van der Waals surface area contributed by atoms with Gasteiger partial charge in [-0.2, -0.15) is 0 Å². The lowest BCUT2D eigenvalue weighted by Gasteiger charge is -2.21. The third kappa shape index (κ3) is 4.08. The maximum atomic E-state index is 12.4. The van der Waals surface area contributed by atoms with Gasteiger partial charge in [-0.15, -0.1) is 0 Å². The fraction of sp³-hybridized carbons (Fsp3) is 0.429. The van der Waals surface area contributed by atoms with Crippen molar-refractivity contribution in [2.45, 2.75) is 13.3 Å². The van der Waals surface area contributed by atoms with Gasteiger partial charge in [-0.1, -0.05) is 17.7 Å². The number of benzene rings is 1. The Kier molecular flexibility index (Phi) is 5.42. The van der Waals surface area contributed by atoms with E-state index in [1.54, 1.807) is 12.1 Å². The Morgan fingerprint density at radius 1 is 1.18 bits per heavy atom. The minimum absolute atomic E-state index is 0.00580. The average molecular weight is 402 g/mol. The molecule has 0 aliphatic carbocycles. The van der Waals surface area contributed by atoms with Crippen LogP contribution in [0.25, 0.3) is 0 Å². The first-order valence-electron chi connectivity index (χ1n) is 9.59. The van der Waals surface area contributed by atoms with Crippen LogP contribution in [-0.4, -0.2) is 54.3 Å². The Balaban J connectivity index is 1.22. The minimum Gasteiger partial charge on any atom is -0.472 e. The van der Waals surface area contributed by atoms with Gasteiger partial charge in [0.25, 0.3) is 5.91 Å². The predicted molar refractivity (Wildman–Crippen MR) is 107 cm³/mol. The first-order valence-corrected chi connectivity index (χ1v) is 9.97. The molecule has 28 heavy (non-hydrogen) atoms. The fourth-order valence-electron chi connectivity index (χ4n) is 4.16. The minimum atomic E-state index is -0.00580. The van der Waals surface area contributed by atoms with Crippen molar-refractivity contribution >= 4 is 29.1 Å². The first kappa shape index (κ1) is 19.0. The summed E-state index contributed by atoms with van der Waals surface area (Å²) in [6.45, 7) is 6.08. The van der Waals surface area contributed by atoms with Crippen LogP contribution >= 0.6 is 11.6 Å². The molecule has 1 N–H and O–H groups in total. The van der Waals surface area contributed by atoms with E-state index in [0.29, 0.717) is 28.8 Å². The van der Waals surface area contributed by atoms with E-state index >= 15 is 0 Å². The molecule has 1 aromatic carbocycles. The van der Waals surface area contributed by atoms with E-state index in [-0.39, 0.29) is 11.8 Å². The van der Waals surface area contributed by atoms with Crippen molar-refractivity contribution in [3.05, 3.63) is 52.9 Å². The van der Waals surface area contributed by atoms with E-state index in [0.717, 1.165) is 44.0 Å². The number of carbonyl (C=O) groups is 2. The highest BCUT2D eigenvalue weighted by atomic mass is 35.5. The van der Waals surface area contributed by atoms with Gasteiger partial charge in [-0.3, -0.25) is 9.59 Å². The molecule has 1 aromatic heterocycles. The lowest BCUT2D eigenvalue weighted by molar-refractivity contribution is -0.116. The van der Waals surface area contributed by atoms with Gasteiger partial charge in [0.15, 0.2) is 0 Å². The number of aryl methyl sites for hydroxylation is 1. The maximum absolute atomic E-state index is 12.4. The summed E-state index contributed by atoms with van der Waals surface area (Å²) in [6, 6.07) is 7.25. The number of rotatable bonds is 5. The number of anilines is 1. The number of fused-ring (bicyclic) bond motifs is 1. The summed E-state index contributed by atoms with van der Waals surface area (Å²) in [5.74, 6) is 1.00. The number of furan rings is 1. The number of nitrogens with one attached hydrogen (secondary N) is 1. The van der Waals surface area contributed by atoms with Crippen molar-refractivity contribution in [3.8, 4) is 0 Å². The highest BCUT2D eigenvalue weighted by Gasteiger charge is 2.41. The molecule has 2 aliphatic heterocycles. The molecule has 4 rings (SSSR count). The van der Waals surface area contributed by atoms with Crippen LogP contribution in [0, 0.1) is 18.8 Å². The number of hydrogen-bond donors (Lipinski definition) is 1. The zero-order chi connectivity index (χ0) is 19.7. The Labute approximate surface area is 169 Å². The van der Waals surface area contributed by atoms with Crippen LogP contribution in [0.3, 0.4) is 0 Å². The smallest absolute Gasteiger partial charge is 0.257 e. The third-order valence-electron chi connectivity index (χ3n) is 5.73. The molecule has 3 heterocycles. The van der Waals surface area contributed by atoms with Gasteiger partial charge < -0.3 is 19.5 Å². The van der Waals surface area contributed by atoms with E-state index < -0.39 is 0 Å². The van der Waals surface area contributed by atoms with Gasteiger partial charge in [0.2, 0.25) is 5.91 Å². The Bertz CT molecular complexity index is 854. The quantitative estimate of drug-likeness (QED) is 0.835. The molecular weight excluding hydrogens is 378 g/mol. The van der Waals surface area contributed by atoms with Crippen LogP contribution in [0.4, 0.5) is 5.69 Å². The largest absolute Gasteiger partial charge is 0.472 e. The molecule has 7 heteroatoms. The number of hydrogen-bond acceptors (Lipinski definition) is 4. The second kappa shape index (κ2) is 7.97. The molecule has 2 unspecified atom stereocenters. The van der Waals surface area contributed by atoms with Gasteiger partial charge >= 0.3 is 0 Å². The molecule has 0 spiro atoms. The topological polar surface area (TPSA) is 65.8 Å². The normalized spacial score (nSPS) is 21.7. The van der Waals surface area contributed by atoms with Crippen LogP contribution < -0.4 is 5.32 Å². The van der Waals surface area contributed by atoms with Crippen LogP contribution in [0.15, 0.2) is 41.2 Å². The summed E-state index contributed by atoms with van der Waals surface area (Å²) >= 11 is 6.11. The molecule has 6 nitrogen and oxygen atoms in total. The number of nitrogens with zero attached hydrogens (tertiary/aromatic N) is 2. The second-order valence-corrected chi connectivity index (χ2v) is 8.17. The first-order chi connectivity index (χ1) is 13.5. The zero-order valence-electron chi connectivity index (χ0n) is 15.9. The summed E-state index contributed by atoms with van der Waals surface area (Å²) in [6.07, 6.45) is 3.48. The average Bonchev–Trinajstić information content (AvgIpc) is 3.38. The highest BCUT2D eigenvalue weighted by molar-refractivity contribution is 6.31. The molecule has 0 bridgehead atoms. The van der Waals surface area contributed by atoms with Gasteiger partial charge in [0, 0.05) is 49.9 Å². The zero-order valence-corrected chi connectivity index (χ0v) is 16.6. The summed E-state index contributed by atoms with van der Waals surface area (Å²) < 4.78 is 5.01. The lowest BCUT2D eigenvalue weighted by atomic mass is 10.0. The molecule has 148 valence electrons. The molecule has 2 aliphatic rings. The molecular formula is C21H24ClN3O3. The van der Waals surface area contributed by atoms with Crippen LogP contribution in [0.2, 0.25) is 5.02 Å². The van der Waals surface area contributed by atoms with Gasteiger partial charge in [-0.05, 0) is 42.5 Å². The predicted octanol–water partition coefficient (Wildman–Crippen LogP) is 3.27. The lowest BCUT2D eigenvalue weighted by Crippen LogP contribution is -2.34. The van der Waals surface area contributed by atoms with Crippen molar-refractivity contribution in [1.82, 2.24) is 9.80 Å². The van der Waals surface area contributed by atoms with Crippen LogP contribution in [0.1, 0.15) is 22.3 Å². The number of amides is 2. The van der Waals surface area contributed by atoms with E-state index in [4.69, 9.17) is 16.0 Å². The summed E-state index contributed by atoms with van der Waals surface area (Å²) in [5.41, 5.74) is 2.33. The molecule has 2 aromatic rings. The van der Waals surface area contributed by atoms with Gasteiger partial charge in [0.05, 0.1) is 11.8 Å². The van der Waals surface area contributed by atoms with Crippen molar-refractivity contribution < 1.29 is 14.0 Å². The monoisotopic (exact) mass is 401 g/mol. The highest BCUT2D eigenvalue weighted by Crippen LogP contribution is 2.32. The van der Waals surface area contributed by atoms with Crippen molar-refractivity contribution in [2.75, 3.05) is 38.0 Å². The Morgan fingerprint density at radius 2 is 1.93 bits per heavy atom. The third-order valence-corrected chi connectivity index (χ3v) is 6.14. The molecule has 0 saturated carbocycles. The fourth-order valence-corrected chi connectivity index (χ4v) is 4.34. The molecule has 2 saturated heterocycles. The molecule has 2 amide bonds. The number of halogens is 1. The Hall–Kier alpha value is -2.31. The van der Waals surface area contributed by atoms with Gasteiger partial charge in [-0.25, -0.2) is 0 Å². The van der Waals surface area contributed by atoms with Crippen molar-refractivity contribution in [2.24, 2.45) is 11.8 Å². The standard InChI is InChI=1S/C21H24ClN3O3/c1-14-2-3-18(8-19(14)22)23-20(26)4-6-24-9-16-11-25(12-17(16)10-24)21(27)15-5-7-28-13-15/h2-3,5,7-8,13,16-17H,4,6,9-12H2,1H3,(H,23,26). The molecule has 0 radical (unpaired) electrons. The van der Waals surface area contributed by atoms with Crippen LogP contribution in [-0.2, 0) is 4.79 Å². The summed E-state index contributed by atoms with van der Waals surface area (Å²) in [7, 11) is 0.